The van der Waals surface area contributed by atoms with Gasteiger partial charge in [-0.05, 0) is 76.5 Å². The fourth-order valence-corrected chi connectivity index (χ4v) is 11.4. The van der Waals surface area contributed by atoms with Crippen LogP contribution in [0.25, 0.3) is 11.2 Å². The highest BCUT2D eigenvalue weighted by Crippen LogP contribution is 2.33. The zero-order valence-electron chi connectivity index (χ0n) is 54.0. The maximum Gasteiger partial charge on any atom is 0.315 e. The van der Waals surface area contributed by atoms with Crippen molar-refractivity contribution in [2.75, 3.05) is 168 Å². The number of hydrogen-bond donors (Lipinski definition) is 9. The van der Waals surface area contributed by atoms with E-state index in [1.54, 1.807) is 24.5 Å². The Hall–Kier alpha value is -5.24. The molecule has 514 valence electrons. The average Bonchev–Trinajstić information content (AvgIpc) is 1.79. The number of amides is 6. The van der Waals surface area contributed by atoms with Gasteiger partial charge in [-0.1, -0.05) is 44.7 Å². The van der Waals surface area contributed by atoms with Gasteiger partial charge in [-0.25, -0.2) is 9.78 Å². The molecule has 0 aliphatic carbocycles. The smallest absolute Gasteiger partial charge is 0.315 e. The number of carbonyl (C=O) groups excluding carboxylic acids is 5. The standard InChI is InChI=1S/C62H103ClN12O15S/c1-45(2)50(42-76)70-61-73-58(57-59(74-61)75(44-68-57)46(3)4)69-47-17-18-48(49(63)41-47)60(80)67-22-24-83-26-28-85-30-32-87-34-36-89-38-40-90-39-37-88-35-33-86-31-29-84-27-25-82-23-21-66-55(79)15-8-6-12-19-64-53(77)14-7-5-11-20-65-54(78)16-10-9-13-52-56-51(43-91-52)71-62(81)72-56/h17-18,41,44-46,50-52,56,76H,5-16,19-40,42-43H2,1-4H3,(H,64,77)(H,65,78)(H,66,79)(H,67,80)(H2,71,72,81)(H2,69,70,73,74)/t50-,51?,52+,56?/m1/s1. The molecule has 6 amide bonds. The van der Waals surface area contributed by atoms with E-state index in [1.165, 1.54) is 0 Å². The normalized spacial score (nSPS) is 15.6. The van der Waals surface area contributed by atoms with Crippen LogP contribution in [0.5, 0.6) is 0 Å². The largest absolute Gasteiger partial charge is 0.394 e. The number of urea groups is 1. The van der Waals surface area contributed by atoms with E-state index in [4.69, 9.17) is 59.2 Å². The third kappa shape index (κ3) is 32.0. The van der Waals surface area contributed by atoms with Gasteiger partial charge >= 0.3 is 6.03 Å². The number of carbonyl (C=O) groups is 5. The topological polar surface area (TPSA) is 328 Å². The maximum absolute atomic E-state index is 12.9. The Bertz CT molecular complexity index is 2540. The molecule has 0 saturated carbocycles. The first-order valence-electron chi connectivity index (χ1n) is 32.5. The van der Waals surface area contributed by atoms with Crippen LogP contribution in [0.2, 0.25) is 5.02 Å². The van der Waals surface area contributed by atoms with Crippen molar-refractivity contribution in [3.05, 3.63) is 35.1 Å². The second-order valence-electron chi connectivity index (χ2n) is 22.6. The summed E-state index contributed by atoms with van der Waals surface area (Å²) < 4.78 is 51.9. The van der Waals surface area contributed by atoms with E-state index in [2.05, 4.69) is 52.5 Å². The molecule has 0 spiro atoms. The summed E-state index contributed by atoms with van der Waals surface area (Å²) in [7, 11) is 0. The van der Waals surface area contributed by atoms with E-state index in [-0.39, 0.29) is 77.9 Å². The number of imidazole rings is 1. The van der Waals surface area contributed by atoms with Gasteiger partial charge in [0.25, 0.3) is 5.91 Å². The lowest BCUT2D eigenvalue weighted by Crippen LogP contribution is -2.36. The number of anilines is 3. The minimum atomic E-state index is -0.331. The van der Waals surface area contributed by atoms with E-state index < -0.39 is 0 Å². The summed E-state index contributed by atoms with van der Waals surface area (Å²) >= 11 is 8.47. The number of unbranched alkanes of at least 4 members (excludes halogenated alkanes) is 5. The van der Waals surface area contributed by atoms with Crippen molar-refractivity contribution in [2.45, 2.75) is 134 Å². The zero-order valence-corrected chi connectivity index (χ0v) is 55.5. The Labute approximate surface area is 545 Å². The lowest BCUT2D eigenvalue weighted by molar-refractivity contribution is -0.122. The summed E-state index contributed by atoms with van der Waals surface area (Å²) in [6, 6.07) is 5.27. The minimum Gasteiger partial charge on any atom is -0.394 e. The highest BCUT2D eigenvalue weighted by Gasteiger charge is 2.42. The quantitative estimate of drug-likeness (QED) is 0.0255. The summed E-state index contributed by atoms with van der Waals surface area (Å²) in [5.74, 6) is 1.66. The highest BCUT2D eigenvalue weighted by atomic mass is 35.5. The number of nitrogens with zero attached hydrogens (tertiary/aromatic N) is 4. The molecule has 91 heavy (non-hydrogen) atoms. The van der Waals surface area contributed by atoms with Gasteiger partial charge in [0, 0.05) is 68.2 Å². The zero-order chi connectivity index (χ0) is 65.1. The summed E-state index contributed by atoms with van der Waals surface area (Å²) in [6.45, 7) is 17.5. The van der Waals surface area contributed by atoms with Crippen LogP contribution in [-0.2, 0) is 57.0 Å². The van der Waals surface area contributed by atoms with Crippen LogP contribution in [0.4, 0.5) is 22.2 Å². The molecular formula is C62H103ClN12O15S. The van der Waals surface area contributed by atoms with Gasteiger partial charge in [0.1, 0.15) is 0 Å². The van der Waals surface area contributed by atoms with Crippen molar-refractivity contribution in [1.29, 1.82) is 0 Å². The van der Waals surface area contributed by atoms with Crippen molar-refractivity contribution in [1.82, 2.24) is 51.4 Å². The molecule has 2 saturated heterocycles. The van der Waals surface area contributed by atoms with Crippen LogP contribution in [0.15, 0.2) is 24.5 Å². The summed E-state index contributed by atoms with van der Waals surface area (Å²) in [5, 5.41) is 34.7. The summed E-state index contributed by atoms with van der Waals surface area (Å²) in [5.41, 5.74) is 2.13. The van der Waals surface area contributed by atoms with Crippen molar-refractivity contribution in [3.8, 4) is 0 Å². The molecule has 2 fully saturated rings. The molecule has 29 heteroatoms. The third-order valence-corrected chi connectivity index (χ3v) is 16.6. The molecule has 1 aromatic carbocycles. The lowest BCUT2D eigenvalue weighted by Gasteiger charge is -2.20. The molecule has 4 atom stereocenters. The van der Waals surface area contributed by atoms with Crippen LogP contribution in [-0.4, -0.2) is 235 Å². The van der Waals surface area contributed by atoms with E-state index >= 15 is 0 Å². The number of fused-ring (bicyclic) bond motifs is 2. The number of halogens is 1. The Morgan fingerprint density at radius 3 is 1.59 bits per heavy atom. The van der Waals surface area contributed by atoms with Crippen LogP contribution in [0.3, 0.4) is 0 Å². The first kappa shape index (κ1) is 76.5. The second kappa shape index (κ2) is 46.8. The number of aliphatic hydroxyl groups is 1. The van der Waals surface area contributed by atoms with Crippen molar-refractivity contribution in [2.24, 2.45) is 5.92 Å². The number of thioether (sulfide) groups is 1. The molecule has 5 rings (SSSR count). The molecular weight excluding hydrogens is 1220 g/mol. The first-order chi connectivity index (χ1) is 44.3. The molecule has 2 aliphatic rings. The monoisotopic (exact) mass is 1320 g/mol. The highest BCUT2D eigenvalue weighted by molar-refractivity contribution is 8.00. The van der Waals surface area contributed by atoms with E-state index in [0.29, 0.717) is 197 Å². The predicted molar refractivity (Wildman–Crippen MR) is 349 cm³/mol. The van der Waals surface area contributed by atoms with E-state index in [0.717, 1.165) is 63.5 Å². The second-order valence-corrected chi connectivity index (χ2v) is 24.3. The van der Waals surface area contributed by atoms with Crippen LogP contribution in [0.1, 0.15) is 121 Å². The number of benzene rings is 1. The summed E-state index contributed by atoms with van der Waals surface area (Å²) in [4.78, 5) is 74.9. The van der Waals surface area contributed by atoms with Gasteiger partial charge in [-0.2, -0.15) is 21.7 Å². The number of nitrogens with one attached hydrogen (secondary N) is 8. The Kier molecular flexibility index (Phi) is 39.3. The van der Waals surface area contributed by atoms with Gasteiger partial charge in [-0.3, -0.25) is 19.2 Å². The van der Waals surface area contributed by atoms with Crippen LogP contribution in [0, 0.1) is 5.92 Å². The molecule has 2 aliphatic heterocycles. The lowest BCUT2D eigenvalue weighted by atomic mass is 10.0. The molecule has 0 radical (unpaired) electrons. The fraction of sp³-hybridized carbons (Fsp3) is 0.742. The summed E-state index contributed by atoms with van der Waals surface area (Å²) in [6.07, 6.45) is 10.9. The van der Waals surface area contributed by atoms with Gasteiger partial charge < -0.3 is 94.8 Å². The van der Waals surface area contributed by atoms with Gasteiger partial charge in [0.05, 0.1) is 161 Å². The van der Waals surface area contributed by atoms with Crippen molar-refractivity contribution < 1.29 is 71.7 Å². The molecule has 9 N–H and O–H groups in total. The first-order valence-corrected chi connectivity index (χ1v) is 33.9. The SMILES string of the molecule is CC(C)[C@@H](CO)Nc1nc(Nc2ccc(C(=O)NCCOCCOCCOCCOCCOCCOCCOCCOCCOCCNC(=O)CCCCCNC(=O)CCCCCNC(=O)CCCC[C@@H]3SCC4NC(=O)NC43)c(Cl)c2)c2ncn(C(C)C)c2n1. The van der Waals surface area contributed by atoms with Gasteiger partial charge in [0.2, 0.25) is 23.7 Å². The molecule has 3 aromatic rings. The van der Waals surface area contributed by atoms with Crippen molar-refractivity contribution in [3.63, 3.8) is 0 Å². The Balaban J connectivity index is 0.687. The molecule has 27 nitrogen and oxygen atoms in total. The number of aromatic nitrogens is 4. The third-order valence-electron chi connectivity index (χ3n) is 14.7. The minimum absolute atomic E-state index is 0.0145. The Morgan fingerprint density at radius 1 is 0.626 bits per heavy atom. The number of aliphatic hydroxyl groups excluding tert-OH is 1. The number of ether oxygens (including phenoxy) is 9. The van der Waals surface area contributed by atoms with Gasteiger partial charge in [0.15, 0.2) is 17.0 Å². The Morgan fingerprint density at radius 2 is 1.11 bits per heavy atom. The fourth-order valence-electron chi connectivity index (χ4n) is 9.57. The molecule has 0 bridgehead atoms. The van der Waals surface area contributed by atoms with Crippen molar-refractivity contribution >= 4 is 81.6 Å². The van der Waals surface area contributed by atoms with E-state index in [9.17, 15) is 29.1 Å². The molecule has 2 unspecified atom stereocenters. The number of rotatable bonds is 55. The predicted octanol–water partition coefficient (Wildman–Crippen LogP) is 5.31. The average molecular weight is 1320 g/mol. The van der Waals surface area contributed by atoms with Gasteiger partial charge in [-0.15, -0.1) is 0 Å². The number of hydrogen-bond acceptors (Lipinski definition) is 21. The maximum atomic E-state index is 12.9. The van der Waals surface area contributed by atoms with E-state index in [1.807, 2.05) is 44.0 Å². The van der Waals surface area contributed by atoms with Crippen LogP contribution >= 0.6 is 23.4 Å². The molecule has 4 heterocycles. The van der Waals surface area contributed by atoms with Crippen LogP contribution < -0.4 is 42.5 Å². The molecule has 2 aromatic heterocycles.